The van der Waals surface area contributed by atoms with Gasteiger partial charge < -0.3 is 15.2 Å². The van der Waals surface area contributed by atoms with Crippen molar-refractivity contribution in [1.82, 2.24) is 5.32 Å². The molecule has 0 saturated carbocycles. The summed E-state index contributed by atoms with van der Waals surface area (Å²) in [4.78, 5) is 0. The zero-order chi connectivity index (χ0) is 12.6. The first kappa shape index (κ1) is 15.5. The normalized spacial score (nSPS) is 31.8. The molecule has 1 aromatic rings. The molecule has 0 amide bonds. The van der Waals surface area contributed by atoms with E-state index in [0.717, 1.165) is 18.2 Å². The van der Waals surface area contributed by atoms with Crippen molar-refractivity contribution in [2.24, 2.45) is 0 Å². The van der Waals surface area contributed by atoms with Gasteiger partial charge in [-0.1, -0.05) is 0 Å². The Balaban J connectivity index is 0.00000162. The molecule has 0 bridgehead atoms. The Hall–Kier alpha value is -0.560. The maximum atomic E-state index is 13.1. The zero-order valence-corrected chi connectivity index (χ0v) is 11.8. The zero-order valence-electron chi connectivity index (χ0n) is 10.1. The van der Waals surface area contributed by atoms with Crippen LogP contribution in [0.2, 0.25) is 0 Å². The molecule has 1 saturated heterocycles. The van der Waals surface area contributed by atoms with Crippen LogP contribution in [0.1, 0.15) is 19.4 Å². The predicted molar refractivity (Wildman–Crippen MR) is 68.6 cm³/mol. The third-order valence-corrected chi connectivity index (χ3v) is 2.95. The average molecular weight is 324 g/mol. The Morgan fingerprint density at radius 3 is 2.33 bits per heavy atom. The number of hydrogen-bond acceptors (Lipinski definition) is 3. The van der Waals surface area contributed by atoms with Gasteiger partial charge in [0.1, 0.15) is 11.6 Å². The first-order valence-electron chi connectivity index (χ1n) is 5.51. The van der Waals surface area contributed by atoms with Gasteiger partial charge >= 0.3 is 0 Å². The summed E-state index contributed by atoms with van der Waals surface area (Å²) in [5.41, 5.74) is 0.0851. The van der Waals surface area contributed by atoms with Crippen molar-refractivity contribution in [2.45, 2.75) is 31.7 Å². The van der Waals surface area contributed by atoms with Gasteiger partial charge in [-0.2, -0.15) is 0 Å². The summed E-state index contributed by atoms with van der Waals surface area (Å²) in [7, 11) is 0. The minimum absolute atomic E-state index is 0. The Morgan fingerprint density at radius 2 is 1.83 bits per heavy atom. The van der Waals surface area contributed by atoms with Crippen molar-refractivity contribution in [2.75, 3.05) is 6.61 Å². The highest BCUT2D eigenvalue weighted by molar-refractivity contribution is 8.93. The molecule has 0 radical (unpaired) electrons. The van der Waals surface area contributed by atoms with Gasteiger partial charge in [0.25, 0.3) is 0 Å². The van der Waals surface area contributed by atoms with E-state index in [1.165, 1.54) is 0 Å². The van der Waals surface area contributed by atoms with Gasteiger partial charge in [-0.3, -0.25) is 0 Å². The van der Waals surface area contributed by atoms with Gasteiger partial charge in [0.2, 0.25) is 5.79 Å². The molecule has 0 aliphatic carbocycles. The molecule has 18 heavy (non-hydrogen) atoms. The van der Waals surface area contributed by atoms with E-state index in [1.54, 1.807) is 6.92 Å². The molecular formula is C12H16BrF2NO2. The summed E-state index contributed by atoms with van der Waals surface area (Å²) < 4.78 is 31.6. The highest BCUT2D eigenvalue weighted by atomic mass is 79.9. The molecule has 1 aliphatic heterocycles. The predicted octanol–water partition coefficient (Wildman–Crippen LogP) is 2.08. The Labute approximate surface area is 115 Å². The molecule has 1 aromatic carbocycles. The fraction of sp³-hybridized carbons (Fsp3) is 0.500. The number of ether oxygens (including phenoxy) is 1. The van der Waals surface area contributed by atoms with E-state index in [1.807, 2.05) is 6.92 Å². The molecule has 3 nitrogen and oxygen atoms in total. The number of halogens is 3. The van der Waals surface area contributed by atoms with Crippen LogP contribution in [-0.4, -0.2) is 23.8 Å². The number of hydrogen-bond donors (Lipinski definition) is 2. The van der Waals surface area contributed by atoms with Crippen molar-refractivity contribution in [3.05, 3.63) is 35.4 Å². The van der Waals surface area contributed by atoms with E-state index in [-0.39, 0.29) is 35.2 Å². The maximum Gasteiger partial charge on any atom is 0.208 e. The van der Waals surface area contributed by atoms with Crippen LogP contribution < -0.4 is 5.32 Å². The monoisotopic (exact) mass is 323 g/mol. The van der Waals surface area contributed by atoms with Crippen LogP contribution in [0.15, 0.2) is 18.2 Å². The number of morpholine rings is 1. The van der Waals surface area contributed by atoms with Crippen LogP contribution >= 0.6 is 17.0 Å². The van der Waals surface area contributed by atoms with Gasteiger partial charge in [-0.25, -0.2) is 8.78 Å². The summed E-state index contributed by atoms with van der Waals surface area (Å²) >= 11 is 0. The lowest BCUT2D eigenvalue weighted by atomic mass is 9.96. The number of aliphatic hydroxyl groups is 1. The number of benzene rings is 1. The highest BCUT2D eigenvalue weighted by Crippen LogP contribution is 2.30. The van der Waals surface area contributed by atoms with Crippen LogP contribution in [0.25, 0.3) is 0 Å². The van der Waals surface area contributed by atoms with Crippen LogP contribution in [-0.2, 0) is 10.5 Å². The maximum absolute atomic E-state index is 13.1. The SMILES string of the molecule is Br.CC1COC(O)(c2cc(F)cc(F)c2)C(C)N1. The van der Waals surface area contributed by atoms with Crippen LogP contribution in [0.3, 0.4) is 0 Å². The average Bonchev–Trinajstić information content (AvgIpc) is 2.22. The fourth-order valence-electron chi connectivity index (χ4n) is 2.06. The summed E-state index contributed by atoms with van der Waals surface area (Å²) in [5, 5.41) is 13.4. The van der Waals surface area contributed by atoms with E-state index < -0.39 is 23.5 Å². The largest absolute Gasteiger partial charge is 0.361 e. The second-order valence-corrected chi connectivity index (χ2v) is 4.45. The van der Waals surface area contributed by atoms with E-state index in [9.17, 15) is 13.9 Å². The van der Waals surface area contributed by atoms with Crippen molar-refractivity contribution in [3.8, 4) is 0 Å². The summed E-state index contributed by atoms with van der Waals surface area (Å²) in [6.45, 7) is 3.89. The molecule has 3 atom stereocenters. The molecule has 2 rings (SSSR count). The molecule has 1 heterocycles. The number of rotatable bonds is 1. The molecule has 3 unspecified atom stereocenters. The molecule has 0 aromatic heterocycles. The third-order valence-electron chi connectivity index (χ3n) is 2.95. The van der Waals surface area contributed by atoms with Crippen molar-refractivity contribution in [3.63, 3.8) is 0 Å². The van der Waals surface area contributed by atoms with E-state index >= 15 is 0 Å². The fourth-order valence-corrected chi connectivity index (χ4v) is 2.06. The summed E-state index contributed by atoms with van der Waals surface area (Å²) in [5.74, 6) is -3.17. The molecule has 2 N–H and O–H groups in total. The van der Waals surface area contributed by atoms with E-state index in [0.29, 0.717) is 0 Å². The molecule has 1 fully saturated rings. The highest BCUT2D eigenvalue weighted by Gasteiger charge is 2.41. The summed E-state index contributed by atoms with van der Waals surface area (Å²) in [6.07, 6.45) is 0. The molecule has 1 aliphatic rings. The Kier molecular flexibility index (Phi) is 4.83. The Bertz CT molecular complexity index is 412. The lowest BCUT2D eigenvalue weighted by Gasteiger charge is -2.41. The van der Waals surface area contributed by atoms with Gasteiger partial charge in [0.05, 0.1) is 12.6 Å². The second kappa shape index (κ2) is 5.61. The minimum atomic E-state index is -1.70. The molecule has 0 spiro atoms. The second-order valence-electron chi connectivity index (χ2n) is 4.45. The lowest BCUT2D eigenvalue weighted by Crippen LogP contribution is -2.58. The molecule has 102 valence electrons. The summed E-state index contributed by atoms with van der Waals surface area (Å²) in [6, 6.07) is 2.56. The van der Waals surface area contributed by atoms with Crippen LogP contribution in [0, 0.1) is 11.6 Å². The Morgan fingerprint density at radius 1 is 1.28 bits per heavy atom. The van der Waals surface area contributed by atoms with Crippen molar-refractivity contribution in [1.29, 1.82) is 0 Å². The first-order valence-corrected chi connectivity index (χ1v) is 5.51. The first-order chi connectivity index (χ1) is 7.91. The van der Waals surface area contributed by atoms with Crippen LogP contribution in [0.4, 0.5) is 8.78 Å². The third kappa shape index (κ3) is 2.88. The van der Waals surface area contributed by atoms with E-state index in [2.05, 4.69) is 5.32 Å². The molecular weight excluding hydrogens is 308 g/mol. The van der Waals surface area contributed by atoms with Crippen molar-refractivity contribution < 1.29 is 18.6 Å². The van der Waals surface area contributed by atoms with Gasteiger partial charge in [-0.05, 0) is 26.0 Å². The van der Waals surface area contributed by atoms with Gasteiger partial charge in [0.15, 0.2) is 0 Å². The smallest absolute Gasteiger partial charge is 0.208 e. The number of nitrogens with one attached hydrogen (secondary N) is 1. The van der Waals surface area contributed by atoms with Crippen molar-refractivity contribution >= 4 is 17.0 Å². The van der Waals surface area contributed by atoms with E-state index in [4.69, 9.17) is 4.74 Å². The topological polar surface area (TPSA) is 41.5 Å². The standard InChI is InChI=1S/C12H15F2NO2.BrH/c1-7-6-17-12(16,8(2)15-7)9-3-10(13)5-11(14)4-9;/h3-5,7-8,15-16H,6H2,1-2H3;1H. The molecule has 6 heteroatoms. The quantitative estimate of drug-likeness (QED) is 0.831. The minimum Gasteiger partial charge on any atom is -0.361 e. The van der Waals surface area contributed by atoms with Gasteiger partial charge in [-0.15, -0.1) is 17.0 Å². The van der Waals surface area contributed by atoms with Gasteiger partial charge in [0, 0.05) is 17.7 Å². The lowest BCUT2D eigenvalue weighted by molar-refractivity contribution is -0.253. The van der Waals surface area contributed by atoms with Crippen LogP contribution in [0.5, 0.6) is 0 Å².